The fraction of sp³-hybridized carbons (Fsp3) is 0.250. The van der Waals surface area contributed by atoms with Gasteiger partial charge in [-0.1, -0.05) is 18.2 Å². The molecule has 0 aliphatic carbocycles. The summed E-state index contributed by atoms with van der Waals surface area (Å²) in [6.45, 7) is 2.18. The largest absolute Gasteiger partial charge is 0.426 e. The lowest BCUT2D eigenvalue weighted by molar-refractivity contribution is 0.302. The van der Waals surface area contributed by atoms with E-state index in [4.69, 9.17) is 9.05 Å². The van der Waals surface area contributed by atoms with Gasteiger partial charge < -0.3 is 9.05 Å². The summed E-state index contributed by atoms with van der Waals surface area (Å²) < 4.78 is 20.7. The third-order valence-electron chi connectivity index (χ3n) is 1.21. The summed E-state index contributed by atoms with van der Waals surface area (Å²) in [6, 6.07) is 8.97. The number of hydrogen-bond donors (Lipinski definition) is 0. The first-order valence-electron chi connectivity index (χ1n) is 3.72. The Morgan fingerprint density at radius 2 is 2.00 bits per heavy atom. The van der Waals surface area contributed by atoms with Crippen molar-refractivity contribution in [1.82, 2.24) is 0 Å². The molecule has 4 heteroatoms. The highest BCUT2D eigenvalue weighted by Gasteiger charge is 1.98. The van der Waals surface area contributed by atoms with E-state index in [9.17, 15) is 4.57 Å². The van der Waals surface area contributed by atoms with Gasteiger partial charge in [0, 0.05) is 0 Å². The maximum absolute atomic E-state index is 11.0. The van der Waals surface area contributed by atoms with E-state index < -0.39 is 8.25 Å². The van der Waals surface area contributed by atoms with Crippen LogP contribution in [-0.2, 0) is 9.09 Å². The molecular formula is C8H11O3P. The highest BCUT2D eigenvalue weighted by molar-refractivity contribution is 7.33. The summed E-state index contributed by atoms with van der Waals surface area (Å²) >= 11 is 0. The first-order valence-corrected chi connectivity index (χ1v) is 4.95. The van der Waals surface area contributed by atoms with Crippen LogP contribution < -0.4 is 4.52 Å². The fourth-order valence-corrected chi connectivity index (χ4v) is 1.36. The molecule has 1 rings (SSSR count). The normalized spacial score (nSPS) is 12.4. The average molecular weight is 186 g/mol. The van der Waals surface area contributed by atoms with Crippen molar-refractivity contribution >= 4 is 8.25 Å². The van der Waals surface area contributed by atoms with Gasteiger partial charge in [0.05, 0.1) is 6.61 Å². The van der Waals surface area contributed by atoms with Gasteiger partial charge in [0.2, 0.25) is 0 Å². The minimum Gasteiger partial charge on any atom is -0.426 e. The molecule has 0 aromatic heterocycles. The number of para-hydroxylation sites is 1. The van der Waals surface area contributed by atoms with E-state index in [0.717, 1.165) is 0 Å². The van der Waals surface area contributed by atoms with Crippen LogP contribution in [-0.4, -0.2) is 6.61 Å². The first-order chi connectivity index (χ1) is 5.83. The zero-order valence-corrected chi connectivity index (χ0v) is 7.82. The SMILES string of the molecule is CCO[PH](=O)Oc1ccccc1. The van der Waals surface area contributed by atoms with Crippen LogP contribution in [0.2, 0.25) is 0 Å². The van der Waals surface area contributed by atoms with Crippen molar-refractivity contribution in [2.24, 2.45) is 0 Å². The average Bonchev–Trinajstić information content (AvgIpc) is 2.06. The molecule has 0 N–H and O–H groups in total. The first kappa shape index (κ1) is 9.30. The van der Waals surface area contributed by atoms with Crippen molar-refractivity contribution < 1.29 is 13.6 Å². The van der Waals surface area contributed by atoms with Gasteiger partial charge >= 0.3 is 8.25 Å². The molecule has 3 nitrogen and oxygen atoms in total. The summed E-state index contributed by atoms with van der Waals surface area (Å²) in [5, 5.41) is 0. The molecule has 0 aliphatic rings. The quantitative estimate of drug-likeness (QED) is 0.677. The van der Waals surface area contributed by atoms with Crippen LogP contribution in [0.5, 0.6) is 5.75 Å². The Morgan fingerprint density at radius 3 is 2.58 bits per heavy atom. The third-order valence-corrected chi connectivity index (χ3v) is 2.13. The van der Waals surface area contributed by atoms with Crippen molar-refractivity contribution in [2.45, 2.75) is 6.92 Å². The fourth-order valence-electron chi connectivity index (χ4n) is 0.732. The van der Waals surface area contributed by atoms with E-state index in [1.54, 1.807) is 19.1 Å². The van der Waals surface area contributed by atoms with Crippen molar-refractivity contribution in [3.05, 3.63) is 30.3 Å². The van der Waals surface area contributed by atoms with Crippen LogP contribution >= 0.6 is 8.25 Å². The zero-order chi connectivity index (χ0) is 8.81. The zero-order valence-electron chi connectivity index (χ0n) is 6.82. The Labute approximate surface area is 72.3 Å². The van der Waals surface area contributed by atoms with Crippen LogP contribution in [0.15, 0.2) is 30.3 Å². The molecule has 1 atom stereocenters. The Hall–Kier alpha value is -0.790. The highest BCUT2D eigenvalue weighted by Crippen LogP contribution is 2.26. The molecule has 0 spiro atoms. The molecule has 0 radical (unpaired) electrons. The summed E-state index contributed by atoms with van der Waals surface area (Å²) in [5.41, 5.74) is 0. The van der Waals surface area contributed by atoms with Crippen LogP contribution in [0, 0.1) is 0 Å². The summed E-state index contributed by atoms with van der Waals surface area (Å²) in [4.78, 5) is 0. The molecular weight excluding hydrogens is 175 g/mol. The van der Waals surface area contributed by atoms with E-state index in [-0.39, 0.29) is 0 Å². The standard InChI is InChI=1S/C8H11O3P/c1-2-10-12(9)11-8-6-4-3-5-7-8/h3-7,12H,2H2,1H3. The second-order valence-corrected chi connectivity index (χ2v) is 3.09. The Kier molecular flexibility index (Phi) is 3.85. The number of rotatable bonds is 4. The molecule has 0 bridgehead atoms. The molecule has 0 aliphatic heterocycles. The van der Waals surface area contributed by atoms with Crippen molar-refractivity contribution in [1.29, 1.82) is 0 Å². The van der Waals surface area contributed by atoms with Gasteiger partial charge in [0.15, 0.2) is 0 Å². The monoisotopic (exact) mass is 186 g/mol. The summed E-state index contributed by atoms with van der Waals surface area (Å²) in [7, 11) is -2.34. The summed E-state index contributed by atoms with van der Waals surface area (Å²) in [6.07, 6.45) is 0. The molecule has 0 saturated carbocycles. The number of hydrogen-bond acceptors (Lipinski definition) is 3. The van der Waals surface area contributed by atoms with Gasteiger partial charge in [-0.25, -0.2) is 4.57 Å². The predicted octanol–water partition coefficient (Wildman–Crippen LogP) is 2.49. The molecule has 1 unspecified atom stereocenters. The van der Waals surface area contributed by atoms with Crippen LogP contribution in [0.3, 0.4) is 0 Å². The Bertz CT molecular complexity index is 248. The van der Waals surface area contributed by atoms with Gasteiger partial charge in [0.25, 0.3) is 0 Å². The van der Waals surface area contributed by atoms with Crippen LogP contribution in [0.1, 0.15) is 6.92 Å². The smallest absolute Gasteiger partial charge is 0.367 e. The molecule has 0 saturated heterocycles. The molecule has 1 aromatic carbocycles. The van der Waals surface area contributed by atoms with Crippen LogP contribution in [0.25, 0.3) is 0 Å². The highest BCUT2D eigenvalue weighted by atomic mass is 31.1. The molecule has 0 amide bonds. The molecule has 1 aromatic rings. The lowest BCUT2D eigenvalue weighted by atomic mass is 10.3. The van der Waals surface area contributed by atoms with E-state index in [2.05, 4.69) is 0 Å². The topological polar surface area (TPSA) is 35.5 Å². The molecule has 66 valence electrons. The van der Waals surface area contributed by atoms with Crippen molar-refractivity contribution in [3.8, 4) is 5.75 Å². The maximum Gasteiger partial charge on any atom is 0.367 e. The van der Waals surface area contributed by atoms with E-state index in [1.165, 1.54) is 0 Å². The van der Waals surface area contributed by atoms with Gasteiger partial charge in [0.1, 0.15) is 5.75 Å². The summed E-state index contributed by atoms with van der Waals surface area (Å²) in [5.74, 6) is 0.579. The van der Waals surface area contributed by atoms with E-state index >= 15 is 0 Å². The van der Waals surface area contributed by atoms with E-state index in [0.29, 0.717) is 12.4 Å². The lowest BCUT2D eigenvalue weighted by Crippen LogP contribution is -1.85. The van der Waals surface area contributed by atoms with Crippen LogP contribution in [0.4, 0.5) is 0 Å². The van der Waals surface area contributed by atoms with Crippen molar-refractivity contribution in [3.63, 3.8) is 0 Å². The molecule has 0 fully saturated rings. The van der Waals surface area contributed by atoms with Crippen molar-refractivity contribution in [2.75, 3.05) is 6.61 Å². The maximum atomic E-state index is 11.0. The van der Waals surface area contributed by atoms with Gasteiger partial charge in [-0.2, -0.15) is 0 Å². The minimum absolute atomic E-state index is 0.407. The minimum atomic E-state index is -2.34. The predicted molar refractivity (Wildman–Crippen MR) is 47.7 cm³/mol. The lowest BCUT2D eigenvalue weighted by Gasteiger charge is -2.03. The Morgan fingerprint density at radius 1 is 1.33 bits per heavy atom. The molecule has 12 heavy (non-hydrogen) atoms. The van der Waals surface area contributed by atoms with Gasteiger partial charge in [-0.05, 0) is 19.1 Å². The molecule has 0 heterocycles. The number of benzene rings is 1. The van der Waals surface area contributed by atoms with E-state index in [1.807, 2.05) is 18.2 Å². The van der Waals surface area contributed by atoms with Gasteiger partial charge in [-0.3, -0.25) is 0 Å². The third kappa shape index (κ3) is 3.07. The second-order valence-electron chi connectivity index (χ2n) is 2.10. The second kappa shape index (κ2) is 4.96. The van der Waals surface area contributed by atoms with Gasteiger partial charge in [-0.15, -0.1) is 0 Å². The Balaban J connectivity index is 2.47.